The van der Waals surface area contributed by atoms with Crippen LogP contribution in [-0.2, 0) is 11.2 Å². The van der Waals surface area contributed by atoms with E-state index in [9.17, 15) is 9.59 Å². The third kappa shape index (κ3) is 6.88. The minimum atomic E-state index is -0.662. The topological polar surface area (TPSA) is 62.2 Å². The van der Waals surface area contributed by atoms with Gasteiger partial charge in [0.05, 0.1) is 18.2 Å². The van der Waals surface area contributed by atoms with E-state index in [2.05, 4.69) is 0 Å². The van der Waals surface area contributed by atoms with Crippen LogP contribution >= 0.6 is 34.8 Å². The summed E-state index contributed by atoms with van der Waals surface area (Å²) in [5, 5.41) is 0.528. The Morgan fingerprint density at radius 3 is 2.05 bits per heavy atom. The van der Waals surface area contributed by atoms with E-state index >= 15 is 0 Å². The van der Waals surface area contributed by atoms with Gasteiger partial charge in [0.15, 0.2) is 0 Å². The normalized spacial score (nSPS) is 17.2. The Labute approximate surface area is 256 Å². The highest BCUT2D eigenvalue weighted by molar-refractivity contribution is 6.64. The predicted molar refractivity (Wildman–Crippen MR) is 166 cm³/mol. The Morgan fingerprint density at radius 1 is 0.927 bits per heavy atom. The molecule has 0 saturated carbocycles. The van der Waals surface area contributed by atoms with Gasteiger partial charge in [-0.25, -0.2) is 0 Å². The number of hydrogen-bond acceptors (Lipinski definition) is 4. The standard InChI is InChI=1S/C32H34Cl3N3O3/c1-5-37(6-2)31(39)20(4)18-21-8-17-26(27(19-21)41-7-3)30-36-28(22-9-13-24(33)14-10-22)29(38(30)32(35)40)23-11-15-25(34)16-12-23/h8-17,19-20,28-29H,5-7,18H2,1-4H3. The maximum absolute atomic E-state index is 13.1. The fourth-order valence-corrected chi connectivity index (χ4v) is 5.72. The molecule has 0 N–H and O–H groups in total. The molecule has 3 aromatic carbocycles. The van der Waals surface area contributed by atoms with E-state index in [-0.39, 0.29) is 11.8 Å². The van der Waals surface area contributed by atoms with Gasteiger partial charge < -0.3 is 9.64 Å². The molecule has 0 bridgehead atoms. The number of halogens is 3. The van der Waals surface area contributed by atoms with E-state index in [0.29, 0.717) is 53.3 Å². The lowest BCUT2D eigenvalue weighted by molar-refractivity contribution is -0.134. The molecule has 1 aliphatic heterocycles. The lowest BCUT2D eigenvalue weighted by Crippen LogP contribution is -2.35. The fourth-order valence-electron chi connectivity index (χ4n) is 5.28. The van der Waals surface area contributed by atoms with Crippen LogP contribution in [0.15, 0.2) is 71.7 Å². The SMILES string of the molecule is CCOc1cc(CC(C)C(=O)N(CC)CC)ccc1C1=NC(c2ccc(Cl)cc2)C(c2ccc(Cl)cc2)N1C(=O)Cl. The van der Waals surface area contributed by atoms with Crippen molar-refractivity contribution in [1.82, 2.24) is 9.80 Å². The van der Waals surface area contributed by atoms with Crippen LogP contribution in [0.1, 0.15) is 62.0 Å². The molecule has 0 aliphatic carbocycles. The highest BCUT2D eigenvalue weighted by Gasteiger charge is 2.42. The number of carbonyl (C=O) groups is 2. The first-order valence-corrected chi connectivity index (χ1v) is 14.9. The molecule has 0 radical (unpaired) electrons. The second-order valence-electron chi connectivity index (χ2n) is 9.95. The maximum Gasteiger partial charge on any atom is 0.322 e. The first kappa shape index (κ1) is 30.9. The molecule has 3 unspecified atom stereocenters. The van der Waals surface area contributed by atoms with E-state index in [1.807, 2.05) is 75.1 Å². The molecule has 216 valence electrons. The van der Waals surface area contributed by atoms with E-state index in [0.717, 1.165) is 16.7 Å². The summed E-state index contributed by atoms with van der Waals surface area (Å²) >= 11 is 18.6. The van der Waals surface area contributed by atoms with Crippen molar-refractivity contribution in [2.45, 2.75) is 46.2 Å². The van der Waals surface area contributed by atoms with Gasteiger partial charge in [-0.3, -0.25) is 19.5 Å². The number of amidine groups is 1. The Morgan fingerprint density at radius 2 is 1.51 bits per heavy atom. The van der Waals surface area contributed by atoms with Gasteiger partial charge in [0, 0.05) is 29.1 Å². The molecule has 0 saturated heterocycles. The second kappa shape index (κ2) is 13.7. The highest BCUT2D eigenvalue weighted by atomic mass is 35.5. The van der Waals surface area contributed by atoms with Crippen LogP contribution in [-0.4, -0.2) is 46.6 Å². The summed E-state index contributed by atoms with van der Waals surface area (Å²) in [6.45, 7) is 9.57. The molecule has 0 aromatic heterocycles. The largest absolute Gasteiger partial charge is 0.493 e. The average molecular weight is 615 g/mol. The summed E-state index contributed by atoms with van der Waals surface area (Å²) in [7, 11) is 0. The number of aliphatic imine (C=N–C) groups is 1. The molecular formula is C32H34Cl3N3O3. The minimum absolute atomic E-state index is 0.118. The van der Waals surface area contributed by atoms with Crippen LogP contribution in [0.5, 0.6) is 5.75 Å². The van der Waals surface area contributed by atoms with Gasteiger partial charge in [-0.1, -0.05) is 60.5 Å². The monoisotopic (exact) mass is 613 g/mol. The number of hydrogen-bond donors (Lipinski definition) is 0. The summed E-state index contributed by atoms with van der Waals surface area (Å²) in [6, 6.07) is 19.5. The van der Waals surface area contributed by atoms with E-state index < -0.39 is 17.5 Å². The molecule has 0 spiro atoms. The van der Waals surface area contributed by atoms with Gasteiger partial charge in [0.25, 0.3) is 0 Å². The minimum Gasteiger partial charge on any atom is -0.493 e. The van der Waals surface area contributed by atoms with Gasteiger partial charge in [-0.05, 0) is 91.9 Å². The third-order valence-corrected chi connectivity index (χ3v) is 7.99. The van der Waals surface area contributed by atoms with Crippen LogP contribution in [0.25, 0.3) is 0 Å². The van der Waals surface area contributed by atoms with Crippen molar-refractivity contribution in [3.05, 3.63) is 99.0 Å². The summed E-state index contributed by atoms with van der Waals surface area (Å²) in [4.78, 5) is 34.4. The molecule has 1 aliphatic rings. The number of carbonyl (C=O) groups excluding carboxylic acids is 2. The number of benzene rings is 3. The van der Waals surface area contributed by atoms with Crippen molar-refractivity contribution >= 4 is 51.9 Å². The molecule has 6 nitrogen and oxygen atoms in total. The molecule has 3 atom stereocenters. The van der Waals surface area contributed by atoms with Crippen LogP contribution in [0.3, 0.4) is 0 Å². The molecular weight excluding hydrogens is 581 g/mol. The van der Waals surface area contributed by atoms with Gasteiger partial charge >= 0.3 is 5.37 Å². The van der Waals surface area contributed by atoms with E-state index in [4.69, 9.17) is 44.5 Å². The van der Waals surface area contributed by atoms with Crippen molar-refractivity contribution in [2.24, 2.45) is 10.9 Å². The van der Waals surface area contributed by atoms with Gasteiger partial charge in [-0.15, -0.1) is 0 Å². The zero-order valence-electron chi connectivity index (χ0n) is 23.6. The maximum atomic E-state index is 13.1. The Balaban J connectivity index is 1.78. The average Bonchev–Trinajstić information content (AvgIpc) is 3.35. The molecule has 0 fully saturated rings. The van der Waals surface area contributed by atoms with E-state index in [1.165, 1.54) is 4.90 Å². The van der Waals surface area contributed by atoms with Crippen molar-refractivity contribution in [3.8, 4) is 5.75 Å². The number of amides is 2. The lowest BCUT2D eigenvalue weighted by Gasteiger charge is -2.28. The molecule has 2 amide bonds. The van der Waals surface area contributed by atoms with Crippen LogP contribution in [0, 0.1) is 5.92 Å². The van der Waals surface area contributed by atoms with Crippen molar-refractivity contribution in [2.75, 3.05) is 19.7 Å². The molecule has 3 aromatic rings. The Hall–Kier alpha value is -3.06. The van der Waals surface area contributed by atoms with Gasteiger partial charge in [0.1, 0.15) is 17.6 Å². The molecule has 1 heterocycles. The summed E-state index contributed by atoms with van der Waals surface area (Å²) in [5.41, 5.74) is 3.31. The first-order chi connectivity index (χ1) is 19.7. The molecule has 9 heteroatoms. The van der Waals surface area contributed by atoms with Crippen LogP contribution < -0.4 is 4.74 Å². The van der Waals surface area contributed by atoms with Gasteiger partial charge in [-0.2, -0.15) is 0 Å². The Bertz CT molecular complexity index is 1410. The lowest BCUT2D eigenvalue weighted by atomic mass is 9.94. The smallest absolute Gasteiger partial charge is 0.322 e. The number of nitrogens with zero attached hydrogens (tertiary/aromatic N) is 3. The first-order valence-electron chi connectivity index (χ1n) is 13.8. The zero-order valence-corrected chi connectivity index (χ0v) is 25.9. The molecule has 41 heavy (non-hydrogen) atoms. The highest BCUT2D eigenvalue weighted by Crippen LogP contribution is 2.45. The van der Waals surface area contributed by atoms with E-state index in [1.54, 1.807) is 24.3 Å². The Kier molecular flexibility index (Phi) is 10.3. The number of rotatable bonds is 10. The van der Waals surface area contributed by atoms with Crippen LogP contribution in [0.4, 0.5) is 4.79 Å². The fraction of sp³-hybridized carbons (Fsp3) is 0.344. The summed E-state index contributed by atoms with van der Waals surface area (Å²) in [6.07, 6.45) is 0.557. The number of ether oxygens (including phenoxy) is 1. The third-order valence-electron chi connectivity index (χ3n) is 7.30. The van der Waals surface area contributed by atoms with Crippen molar-refractivity contribution in [3.63, 3.8) is 0 Å². The van der Waals surface area contributed by atoms with Crippen LogP contribution in [0.2, 0.25) is 10.0 Å². The van der Waals surface area contributed by atoms with Gasteiger partial charge in [0.2, 0.25) is 5.91 Å². The molecule has 4 rings (SSSR count). The predicted octanol–water partition coefficient (Wildman–Crippen LogP) is 8.34. The van der Waals surface area contributed by atoms with Crippen molar-refractivity contribution in [1.29, 1.82) is 0 Å². The summed E-state index contributed by atoms with van der Waals surface area (Å²) in [5.74, 6) is 0.907. The zero-order chi connectivity index (χ0) is 29.7. The summed E-state index contributed by atoms with van der Waals surface area (Å²) < 4.78 is 6.07. The van der Waals surface area contributed by atoms with Crippen molar-refractivity contribution < 1.29 is 14.3 Å². The second-order valence-corrected chi connectivity index (χ2v) is 11.1. The quantitative estimate of drug-likeness (QED) is 0.170.